The molecule has 9 nitrogen and oxygen atoms in total. The van der Waals surface area contributed by atoms with Crippen LogP contribution in [0.3, 0.4) is 0 Å². The molecule has 1 aliphatic rings. The summed E-state index contributed by atoms with van der Waals surface area (Å²) in [5.41, 5.74) is 1.10. The lowest BCUT2D eigenvalue weighted by atomic mass is 10.0. The molecule has 0 radical (unpaired) electrons. The average Bonchev–Trinajstić information content (AvgIpc) is 3.23. The Morgan fingerprint density at radius 3 is 2.66 bits per heavy atom. The molecule has 2 heterocycles. The standard InChI is InChI=1S/C22H19ClN4O5/c1-31-12-7-8-19(32-2)13(9-12)18-10-17(22(29)30)25-20-14(11-24-27(18)20)21(28)26-16-6-4-3-5-15(16)23/h3-11,18,25H,1-2H3,(H,26,28)(H,29,30)/t18-/m1/s1. The van der Waals surface area contributed by atoms with Crippen molar-refractivity contribution in [1.29, 1.82) is 0 Å². The quantitative estimate of drug-likeness (QED) is 0.519. The van der Waals surface area contributed by atoms with Crippen LogP contribution in [0.5, 0.6) is 11.5 Å². The molecule has 4 rings (SSSR count). The molecule has 32 heavy (non-hydrogen) atoms. The van der Waals surface area contributed by atoms with E-state index in [9.17, 15) is 14.7 Å². The lowest BCUT2D eigenvalue weighted by molar-refractivity contribution is -0.132. The molecule has 0 fully saturated rings. The molecule has 1 atom stereocenters. The molecule has 10 heteroatoms. The molecule has 0 spiro atoms. The molecule has 1 aliphatic heterocycles. The van der Waals surface area contributed by atoms with E-state index in [2.05, 4.69) is 15.7 Å². The zero-order chi connectivity index (χ0) is 22.8. The number of carboxylic acids is 1. The van der Waals surface area contributed by atoms with Crippen LogP contribution in [0.1, 0.15) is 22.0 Å². The molecule has 3 aromatic rings. The minimum absolute atomic E-state index is 0.0975. The van der Waals surface area contributed by atoms with Gasteiger partial charge in [-0.25, -0.2) is 9.48 Å². The number of anilines is 2. The van der Waals surface area contributed by atoms with Crippen LogP contribution in [-0.2, 0) is 4.79 Å². The van der Waals surface area contributed by atoms with Gasteiger partial charge in [0.15, 0.2) is 0 Å². The minimum atomic E-state index is -1.18. The first-order valence-corrected chi connectivity index (χ1v) is 9.88. The number of carbonyl (C=O) groups is 2. The van der Waals surface area contributed by atoms with Crippen molar-refractivity contribution in [2.75, 3.05) is 24.9 Å². The summed E-state index contributed by atoms with van der Waals surface area (Å²) < 4.78 is 12.3. The third-order valence-corrected chi connectivity index (χ3v) is 5.32. The number of carbonyl (C=O) groups excluding carboxylic acids is 1. The first-order chi connectivity index (χ1) is 15.4. The number of aliphatic carboxylic acids is 1. The van der Waals surface area contributed by atoms with Crippen molar-refractivity contribution < 1.29 is 24.2 Å². The lowest BCUT2D eigenvalue weighted by Crippen LogP contribution is -2.26. The highest BCUT2D eigenvalue weighted by Crippen LogP contribution is 2.38. The number of nitrogens with one attached hydrogen (secondary N) is 2. The number of ether oxygens (including phenoxy) is 2. The Balaban J connectivity index is 1.79. The predicted molar refractivity (Wildman–Crippen MR) is 119 cm³/mol. The maximum Gasteiger partial charge on any atom is 0.352 e. The number of nitrogens with zero attached hydrogens (tertiary/aromatic N) is 2. The average molecular weight is 455 g/mol. The third-order valence-electron chi connectivity index (χ3n) is 4.99. The second-order valence-electron chi connectivity index (χ2n) is 6.85. The van der Waals surface area contributed by atoms with Gasteiger partial charge < -0.3 is 25.2 Å². The molecule has 0 aliphatic carbocycles. The summed E-state index contributed by atoms with van der Waals surface area (Å²) >= 11 is 6.14. The number of allylic oxidation sites excluding steroid dienone is 1. The number of rotatable bonds is 6. The van der Waals surface area contributed by atoms with Crippen molar-refractivity contribution in [2.24, 2.45) is 0 Å². The summed E-state index contributed by atoms with van der Waals surface area (Å²) in [6.07, 6.45) is 2.86. The number of benzene rings is 2. The maximum absolute atomic E-state index is 13.0. The zero-order valence-electron chi connectivity index (χ0n) is 17.1. The van der Waals surface area contributed by atoms with Gasteiger partial charge in [-0.1, -0.05) is 23.7 Å². The Kier molecular flexibility index (Phi) is 5.74. The van der Waals surface area contributed by atoms with E-state index in [1.165, 1.54) is 31.2 Å². The highest BCUT2D eigenvalue weighted by molar-refractivity contribution is 6.34. The van der Waals surface area contributed by atoms with Gasteiger partial charge in [0, 0.05) is 5.56 Å². The Bertz CT molecular complexity index is 1240. The summed E-state index contributed by atoms with van der Waals surface area (Å²) in [6.45, 7) is 0. The van der Waals surface area contributed by atoms with E-state index < -0.39 is 17.9 Å². The number of hydrogen-bond acceptors (Lipinski definition) is 6. The van der Waals surface area contributed by atoms with Crippen LogP contribution in [0.4, 0.5) is 11.5 Å². The Hall–Kier alpha value is -3.98. The van der Waals surface area contributed by atoms with Crippen molar-refractivity contribution in [2.45, 2.75) is 6.04 Å². The molecular weight excluding hydrogens is 436 g/mol. The van der Waals surface area contributed by atoms with Crippen LogP contribution in [0.15, 0.2) is 60.4 Å². The van der Waals surface area contributed by atoms with Gasteiger partial charge in [-0.2, -0.15) is 5.10 Å². The number of hydrogen-bond donors (Lipinski definition) is 3. The van der Waals surface area contributed by atoms with E-state index in [-0.39, 0.29) is 17.1 Å². The molecule has 3 N–H and O–H groups in total. The Labute approximate surface area is 188 Å². The second-order valence-corrected chi connectivity index (χ2v) is 7.26. The zero-order valence-corrected chi connectivity index (χ0v) is 17.9. The third kappa shape index (κ3) is 3.85. The van der Waals surface area contributed by atoms with Gasteiger partial charge in [-0.3, -0.25) is 4.79 Å². The number of aromatic nitrogens is 2. The number of carboxylic acid groups (broad SMARTS) is 1. The van der Waals surface area contributed by atoms with Gasteiger partial charge in [0.1, 0.15) is 34.6 Å². The smallest absolute Gasteiger partial charge is 0.352 e. The first kappa shape index (κ1) is 21.3. The topological polar surface area (TPSA) is 115 Å². The minimum Gasteiger partial charge on any atom is -0.497 e. The normalized spacial score (nSPS) is 14.6. The van der Waals surface area contributed by atoms with E-state index in [1.54, 1.807) is 42.5 Å². The lowest BCUT2D eigenvalue weighted by Gasteiger charge is -2.26. The van der Waals surface area contributed by atoms with Gasteiger partial charge in [-0.05, 0) is 36.4 Å². The van der Waals surface area contributed by atoms with Gasteiger partial charge in [0.25, 0.3) is 5.91 Å². The number of halogens is 1. The van der Waals surface area contributed by atoms with Crippen molar-refractivity contribution in [3.05, 3.63) is 76.6 Å². The molecule has 0 saturated carbocycles. The number of amides is 1. The number of methoxy groups -OCH3 is 2. The molecule has 0 bridgehead atoms. The summed E-state index contributed by atoms with van der Waals surface area (Å²) in [6, 6.07) is 11.3. The summed E-state index contributed by atoms with van der Waals surface area (Å²) in [5.74, 6) is -0.363. The van der Waals surface area contributed by atoms with E-state index >= 15 is 0 Å². The van der Waals surface area contributed by atoms with Crippen LogP contribution < -0.4 is 20.1 Å². The van der Waals surface area contributed by atoms with Crippen molar-refractivity contribution in [1.82, 2.24) is 9.78 Å². The van der Waals surface area contributed by atoms with E-state index in [0.717, 1.165) is 0 Å². The van der Waals surface area contributed by atoms with Crippen LogP contribution in [0.25, 0.3) is 0 Å². The van der Waals surface area contributed by atoms with E-state index in [1.807, 2.05) is 0 Å². The number of para-hydroxylation sites is 1. The van der Waals surface area contributed by atoms with E-state index in [0.29, 0.717) is 27.8 Å². The van der Waals surface area contributed by atoms with Gasteiger partial charge in [-0.15, -0.1) is 0 Å². The van der Waals surface area contributed by atoms with Crippen LogP contribution >= 0.6 is 11.6 Å². The van der Waals surface area contributed by atoms with Gasteiger partial charge in [0.05, 0.1) is 31.1 Å². The molecule has 1 aromatic heterocycles. The molecule has 2 aromatic carbocycles. The maximum atomic E-state index is 13.0. The van der Waals surface area contributed by atoms with Crippen LogP contribution in [0.2, 0.25) is 5.02 Å². The SMILES string of the molecule is COc1ccc(OC)c([C@H]2C=C(C(=O)O)Nc3c(C(=O)Nc4ccccc4Cl)cnn32)c1. The fourth-order valence-corrected chi connectivity index (χ4v) is 3.61. The number of fused-ring (bicyclic) bond motifs is 1. The summed E-state index contributed by atoms with van der Waals surface area (Å²) in [7, 11) is 3.05. The van der Waals surface area contributed by atoms with Gasteiger partial charge in [0.2, 0.25) is 0 Å². The second kappa shape index (κ2) is 8.64. The Morgan fingerprint density at radius 1 is 1.19 bits per heavy atom. The van der Waals surface area contributed by atoms with Gasteiger partial charge >= 0.3 is 5.97 Å². The van der Waals surface area contributed by atoms with E-state index in [4.69, 9.17) is 21.1 Å². The fraction of sp³-hybridized carbons (Fsp3) is 0.136. The molecule has 0 saturated heterocycles. The molecule has 0 unspecified atom stereocenters. The van der Waals surface area contributed by atoms with Crippen molar-refractivity contribution in [3.63, 3.8) is 0 Å². The fourth-order valence-electron chi connectivity index (χ4n) is 3.43. The molecular formula is C22H19ClN4O5. The van der Waals surface area contributed by atoms with Crippen molar-refractivity contribution in [3.8, 4) is 11.5 Å². The van der Waals surface area contributed by atoms with Crippen molar-refractivity contribution >= 4 is 35.0 Å². The summed E-state index contributed by atoms with van der Waals surface area (Å²) in [4.78, 5) is 24.8. The van der Waals surface area contributed by atoms with Crippen LogP contribution in [0, 0.1) is 0 Å². The first-order valence-electron chi connectivity index (χ1n) is 9.50. The molecule has 1 amide bonds. The highest BCUT2D eigenvalue weighted by atomic mass is 35.5. The Morgan fingerprint density at radius 2 is 1.97 bits per heavy atom. The highest BCUT2D eigenvalue weighted by Gasteiger charge is 2.31. The predicted octanol–water partition coefficient (Wildman–Crippen LogP) is 3.79. The largest absolute Gasteiger partial charge is 0.497 e. The monoisotopic (exact) mass is 454 g/mol. The summed E-state index contributed by atoms with van der Waals surface area (Å²) in [5, 5.41) is 19.9. The van der Waals surface area contributed by atoms with Crippen LogP contribution in [-0.4, -0.2) is 41.0 Å². The molecule has 164 valence electrons.